The lowest BCUT2D eigenvalue weighted by atomic mass is 9.89. The Kier molecular flexibility index (Phi) is 5.19. The van der Waals surface area contributed by atoms with Crippen molar-refractivity contribution in [2.75, 3.05) is 9.80 Å². The lowest BCUT2D eigenvalue weighted by molar-refractivity contribution is -0.137. The van der Waals surface area contributed by atoms with Crippen LogP contribution in [0, 0.1) is 11.3 Å². The van der Waals surface area contributed by atoms with Crippen LogP contribution >= 0.6 is 0 Å². The van der Waals surface area contributed by atoms with E-state index in [1.807, 2.05) is 24.3 Å². The highest BCUT2D eigenvalue weighted by Crippen LogP contribution is 2.42. The quantitative estimate of drug-likeness (QED) is 0.629. The van der Waals surface area contributed by atoms with Gasteiger partial charge in [-0.05, 0) is 55.2 Å². The van der Waals surface area contributed by atoms with Gasteiger partial charge in [0.25, 0.3) is 0 Å². The lowest BCUT2D eigenvalue weighted by Gasteiger charge is -2.32. The molecule has 7 heteroatoms. The number of benzene rings is 2. The summed E-state index contributed by atoms with van der Waals surface area (Å²) in [4.78, 5) is 16.7. The third-order valence-electron chi connectivity index (χ3n) is 6.10. The van der Waals surface area contributed by atoms with E-state index in [0.717, 1.165) is 55.5 Å². The number of rotatable bonds is 3. The Bertz CT molecular complexity index is 994. The normalized spacial score (nSPS) is 21.5. The van der Waals surface area contributed by atoms with Crippen LogP contribution in [-0.4, -0.2) is 18.1 Å². The minimum absolute atomic E-state index is 0.0799. The fraction of sp³-hybridized carbons (Fsp3) is 0.391. The Morgan fingerprint density at radius 1 is 1.00 bits per heavy atom. The first kappa shape index (κ1) is 20.3. The molecule has 2 atom stereocenters. The van der Waals surface area contributed by atoms with Crippen molar-refractivity contribution in [3.63, 3.8) is 0 Å². The summed E-state index contributed by atoms with van der Waals surface area (Å²) in [5, 5.41) is 9.07. The topological polar surface area (TPSA) is 47.3 Å². The Morgan fingerprint density at radius 2 is 1.57 bits per heavy atom. The zero-order valence-corrected chi connectivity index (χ0v) is 16.6. The maximum atomic E-state index is 13.5. The number of anilines is 2. The molecule has 2 aliphatic rings. The van der Waals surface area contributed by atoms with Crippen molar-refractivity contribution in [3.8, 4) is 6.07 Å². The maximum Gasteiger partial charge on any atom is 0.417 e. The molecule has 0 unspecified atom stereocenters. The van der Waals surface area contributed by atoms with Gasteiger partial charge >= 0.3 is 12.2 Å². The molecular formula is C23H22F3N3O. The van der Waals surface area contributed by atoms with E-state index in [0.29, 0.717) is 0 Å². The second-order valence-corrected chi connectivity index (χ2v) is 7.80. The van der Waals surface area contributed by atoms with E-state index in [2.05, 4.69) is 6.92 Å². The number of carbonyl (C=O) groups is 1. The van der Waals surface area contributed by atoms with Gasteiger partial charge in [0.2, 0.25) is 0 Å². The van der Waals surface area contributed by atoms with Crippen molar-refractivity contribution < 1.29 is 18.0 Å². The second-order valence-electron chi connectivity index (χ2n) is 7.80. The first-order chi connectivity index (χ1) is 14.3. The molecule has 0 spiro atoms. The van der Waals surface area contributed by atoms with E-state index in [9.17, 15) is 18.0 Å². The number of amides is 2. The molecule has 1 saturated carbocycles. The van der Waals surface area contributed by atoms with Gasteiger partial charge in [-0.2, -0.15) is 18.4 Å². The number of hydrogen-bond donors (Lipinski definition) is 0. The number of fused-ring (bicyclic) bond motifs is 1. The Balaban J connectivity index is 1.77. The number of halogens is 3. The summed E-state index contributed by atoms with van der Waals surface area (Å²) in [7, 11) is 0. The third kappa shape index (κ3) is 3.41. The Labute approximate surface area is 173 Å². The number of carbonyl (C=O) groups excluding carboxylic acids is 1. The summed E-state index contributed by atoms with van der Waals surface area (Å²) in [6, 6.07) is 12.3. The fourth-order valence-corrected chi connectivity index (χ4v) is 4.60. The van der Waals surface area contributed by atoms with E-state index in [1.54, 1.807) is 11.0 Å². The number of aryl methyl sites for hydroxylation is 1. The highest BCUT2D eigenvalue weighted by atomic mass is 19.4. The molecule has 0 aromatic heterocycles. The van der Waals surface area contributed by atoms with Gasteiger partial charge in [0, 0.05) is 11.4 Å². The smallest absolute Gasteiger partial charge is 0.289 e. The molecule has 1 aliphatic heterocycles. The highest BCUT2D eigenvalue weighted by molar-refractivity contribution is 6.07. The Morgan fingerprint density at radius 3 is 2.10 bits per heavy atom. The molecule has 0 bridgehead atoms. The van der Waals surface area contributed by atoms with Crippen LogP contribution in [0.25, 0.3) is 0 Å². The molecular weight excluding hydrogens is 391 g/mol. The van der Waals surface area contributed by atoms with Gasteiger partial charge in [0.1, 0.15) is 0 Å². The summed E-state index contributed by atoms with van der Waals surface area (Å²) in [6.07, 6.45) is -0.321. The predicted octanol–water partition coefficient (Wildman–Crippen LogP) is 5.90. The fourth-order valence-electron chi connectivity index (χ4n) is 4.60. The monoisotopic (exact) mass is 413 g/mol. The lowest BCUT2D eigenvalue weighted by Crippen LogP contribution is -2.40. The Hall–Kier alpha value is -3.01. The van der Waals surface area contributed by atoms with Crippen molar-refractivity contribution in [1.82, 2.24) is 0 Å². The molecule has 156 valence electrons. The van der Waals surface area contributed by atoms with E-state index < -0.39 is 17.3 Å². The summed E-state index contributed by atoms with van der Waals surface area (Å²) in [6.45, 7) is 2.05. The van der Waals surface area contributed by atoms with Crippen LogP contribution < -0.4 is 9.80 Å². The minimum atomic E-state index is -4.66. The van der Waals surface area contributed by atoms with E-state index in [4.69, 9.17) is 5.26 Å². The zero-order valence-electron chi connectivity index (χ0n) is 16.6. The number of nitrogens with zero attached hydrogens (tertiary/aromatic N) is 3. The second kappa shape index (κ2) is 7.67. The molecule has 0 N–H and O–H groups in total. The van der Waals surface area contributed by atoms with Crippen LogP contribution in [0.1, 0.15) is 49.3 Å². The first-order valence-electron chi connectivity index (χ1n) is 10.2. The van der Waals surface area contributed by atoms with Gasteiger partial charge in [-0.1, -0.05) is 31.9 Å². The summed E-state index contributed by atoms with van der Waals surface area (Å²) < 4.78 is 40.4. The van der Waals surface area contributed by atoms with Gasteiger partial charge in [0.15, 0.2) is 0 Å². The number of urea groups is 1. The van der Waals surface area contributed by atoms with Crippen molar-refractivity contribution in [3.05, 3.63) is 59.2 Å². The largest absolute Gasteiger partial charge is 0.417 e. The molecule has 2 aromatic carbocycles. The zero-order chi connectivity index (χ0) is 21.5. The molecule has 2 amide bonds. The van der Waals surface area contributed by atoms with Gasteiger partial charge in [-0.3, -0.25) is 9.80 Å². The number of nitriles is 1. The molecule has 2 fully saturated rings. The van der Waals surface area contributed by atoms with Crippen molar-refractivity contribution in [1.29, 1.82) is 5.26 Å². The van der Waals surface area contributed by atoms with Crippen LogP contribution in [0.4, 0.5) is 29.3 Å². The van der Waals surface area contributed by atoms with Crippen molar-refractivity contribution in [2.45, 2.75) is 57.3 Å². The van der Waals surface area contributed by atoms with Crippen LogP contribution in [0.3, 0.4) is 0 Å². The molecule has 1 saturated heterocycles. The van der Waals surface area contributed by atoms with Crippen LogP contribution in [-0.2, 0) is 12.6 Å². The average Bonchev–Trinajstić information content (AvgIpc) is 3.04. The average molecular weight is 413 g/mol. The highest BCUT2D eigenvalue weighted by Gasteiger charge is 2.48. The molecule has 4 rings (SSSR count). The van der Waals surface area contributed by atoms with Gasteiger partial charge in [0.05, 0.1) is 29.3 Å². The molecule has 1 aliphatic carbocycles. The number of hydrogen-bond acceptors (Lipinski definition) is 2. The summed E-state index contributed by atoms with van der Waals surface area (Å²) in [5.41, 5.74) is 0.667. The van der Waals surface area contributed by atoms with E-state index in [1.165, 1.54) is 11.0 Å². The van der Waals surface area contributed by atoms with Gasteiger partial charge in [-0.25, -0.2) is 4.79 Å². The minimum Gasteiger partial charge on any atom is -0.289 e. The van der Waals surface area contributed by atoms with Crippen LogP contribution in [0.15, 0.2) is 42.5 Å². The van der Waals surface area contributed by atoms with Crippen molar-refractivity contribution in [2.24, 2.45) is 0 Å². The third-order valence-corrected chi connectivity index (χ3v) is 6.10. The van der Waals surface area contributed by atoms with Gasteiger partial charge in [-0.15, -0.1) is 0 Å². The molecule has 2 aromatic rings. The molecule has 1 heterocycles. The van der Waals surface area contributed by atoms with E-state index >= 15 is 0 Å². The molecule has 4 nitrogen and oxygen atoms in total. The number of alkyl halides is 3. The molecule has 0 radical (unpaired) electrons. The summed E-state index contributed by atoms with van der Waals surface area (Å²) in [5.74, 6) is 0. The standard InChI is InChI=1S/C23H22F3N3O/c1-2-15-7-10-17(11-8-15)28-20-5-3-4-6-21(20)29(22(28)30)18-12-9-16(14-27)19(13-18)23(24,25)26/h7-13,20-21H,2-6H2,1H3/t20-,21-/m0/s1. The van der Waals surface area contributed by atoms with Gasteiger partial charge < -0.3 is 0 Å². The molecule has 30 heavy (non-hydrogen) atoms. The predicted molar refractivity (Wildman–Crippen MR) is 108 cm³/mol. The van der Waals surface area contributed by atoms with Crippen molar-refractivity contribution >= 4 is 17.4 Å². The SMILES string of the molecule is CCc1ccc(N2C(=O)N(c3ccc(C#N)c(C(F)(F)F)c3)[C@H]3CCCC[C@@H]32)cc1. The first-order valence-corrected chi connectivity index (χ1v) is 10.2. The summed E-state index contributed by atoms with van der Waals surface area (Å²) >= 11 is 0. The van der Waals surface area contributed by atoms with E-state index in [-0.39, 0.29) is 23.8 Å². The van der Waals surface area contributed by atoms with Crippen LogP contribution in [0.2, 0.25) is 0 Å². The van der Waals surface area contributed by atoms with Crippen LogP contribution in [0.5, 0.6) is 0 Å². The maximum absolute atomic E-state index is 13.5.